The van der Waals surface area contributed by atoms with Gasteiger partial charge in [0.2, 0.25) is 0 Å². The summed E-state index contributed by atoms with van der Waals surface area (Å²) in [6, 6.07) is 20.5. The predicted molar refractivity (Wildman–Crippen MR) is 95.1 cm³/mol. The minimum absolute atomic E-state index is 0.623. The topological polar surface area (TPSA) is 47.9 Å². The zero-order valence-electron chi connectivity index (χ0n) is 14.0. The molecule has 4 heteroatoms. The summed E-state index contributed by atoms with van der Waals surface area (Å²) in [5.74, 6) is 0.409. The molecule has 1 aliphatic rings. The third kappa shape index (κ3) is 2.42. The van der Waals surface area contributed by atoms with Gasteiger partial charge in [-0.1, -0.05) is 24.3 Å². The number of benzene rings is 3. The van der Waals surface area contributed by atoms with E-state index < -0.39 is 5.79 Å². The molecule has 0 amide bonds. The normalized spacial score (nSPS) is 17.9. The summed E-state index contributed by atoms with van der Waals surface area (Å²) in [4.78, 5) is 0. The van der Waals surface area contributed by atoms with Crippen molar-refractivity contribution < 1.29 is 19.3 Å². The van der Waals surface area contributed by atoms with E-state index in [9.17, 15) is 5.11 Å². The number of hydrogen-bond donors (Lipinski definition) is 1. The van der Waals surface area contributed by atoms with Gasteiger partial charge in [-0.05, 0) is 48.0 Å². The molecule has 0 radical (unpaired) electrons. The molecule has 3 aromatic carbocycles. The zero-order valence-corrected chi connectivity index (χ0v) is 14.0. The van der Waals surface area contributed by atoms with Crippen LogP contribution in [0, 0.1) is 0 Å². The summed E-state index contributed by atoms with van der Waals surface area (Å²) in [5.41, 5.74) is 3.13. The van der Waals surface area contributed by atoms with Crippen molar-refractivity contribution in [3.8, 4) is 28.4 Å². The van der Waals surface area contributed by atoms with Crippen LogP contribution in [0.5, 0.6) is 17.2 Å². The fourth-order valence-electron chi connectivity index (χ4n) is 3.19. The molecule has 0 aromatic heterocycles. The highest BCUT2D eigenvalue weighted by Gasteiger charge is 2.41. The summed E-state index contributed by atoms with van der Waals surface area (Å²) in [5, 5.41) is 11.5. The van der Waals surface area contributed by atoms with Gasteiger partial charge in [0.05, 0.1) is 14.2 Å². The van der Waals surface area contributed by atoms with E-state index >= 15 is 0 Å². The number of para-hydroxylation sites is 1. The van der Waals surface area contributed by atoms with Gasteiger partial charge in [-0.3, -0.25) is 0 Å². The van der Waals surface area contributed by atoms with Crippen molar-refractivity contribution in [2.45, 2.75) is 5.79 Å². The summed E-state index contributed by atoms with van der Waals surface area (Å²) < 4.78 is 16.6. The largest absolute Gasteiger partial charge is 0.497 e. The molecule has 1 heterocycles. The Labute approximate surface area is 146 Å². The van der Waals surface area contributed by atoms with Crippen molar-refractivity contribution in [3.63, 3.8) is 0 Å². The van der Waals surface area contributed by atoms with Gasteiger partial charge in [-0.25, -0.2) is 0 Å². The maximum absolute atomic E-state index is 11.5. The number of aliphatic hydroxyl groups is 1. The lowest BCUT2D eigenvalue weighted by Gasteiger charge is -2.36. The average Bonchev–Trinajstić information content (AvgIpc) is 2.68. The monoisotopic (exact) mass is 334 g/mol. The van der Waals surface area contributed by atoms with Gasteiger partial charge in [0.1, 0.15) is 17.2 Å². The van der Waals surface area contributed by atoms with Crippen molar-refractivity contribution in [2.24, 2.45) is 0 Å². The second kappa shape index (κ2) is 5.83. The van der Waals surface area contributed by atoms with Crippen molar-refractivity contribution in [3.05, 3.63) is 77.9 Å². The first-order valence-electron chi connectivity index (χ1n) is 7.99. The van der Waals surface area contributed by atoms with Crippen molar-refractivity contribution in [1.29, 1.82) is 0 Å². The van der Waals surface area contributed by atoms with Crippen molar-refractivity contribution >= 4 is 0 Å². The maximum Gasteiger partial charge on any atom is 0.262 e. The first kappa shape index (κ1) is 15.5. The molecule has 3 aromatic rings. The molecule has 25 heavy (non-hydrogen) atoms. The third-order valence-corrected chi connectivity index (χ3v) is 4.51. The Morgan fingerprint density at radius 1 is 0.800 bits per heavy atom. The van der Waals surface area contributed by atoms with Crippen molar-refractivity contribution in [2.75, 3.05) is 14.2 Å². The molecule has 4 nitrogen and oxygen atoms in total. The number of rotatable bonds is 3. The molecular formula is C21H18O4. The molecule has 1 aliphatic heterocycles. The highest BCUT2D eigenvalue weighted by Crippen LogP contribution is 2.47. The van der Waals surface area contributed by atoms with Crippen LogP contribution in [0.4, 0.5) is 0 Å². The first-order valence-corrected chi connectivity index (χ1v) is 7.99. The molecule has 0 spiro atoms. The summed E-state index contributed by atoms with van der Waals surface area (Å²) >= 11 is 0. The lowest BCUT2D eigenvalue weighted by atomic mass is 9.87. The van der Waals surface area contributed by atoms with Gasteiger partial charge >= 0.3 is 0 Å². The van der Waals surface area contributed by atoms with Gasteiger partial charge < -0.3 is 19.3 Å². The molecule has 0 fully saturated rings. The van der Waals surface area contributed by atoms with Crippen LogP contribution in [0.2, 0.25) is 0 Å². The lowest BCUT2D eigenvalue weighted by molar-refractivity contribution is -0.110. The zero-order chi connectivity index (χ0) is 17.4. The molecule has 4 rings (SSSR count). The highest BCUT2D eigenvalue weighted by molar-refractivity contribution is 5.77. The average molecular weight is 334 g/mol. The summed E-state index contributed by atoms with van der Waals surface area (Å²) in [7, 11) is 3.21. The maximum atomic E-state index is 11.5. The minimum Gasteiger partial charge on any atom is -0.497 e. The van der Waals surface area contributed by atoms with Gasteiger partial charge in [-0.2, -0.15) is 0 Å². The van der Waals surface area contributed by atoms with Crippen LogP contribution in [0.15, 0.2) is 66.7 Å². The predicted octanol–water partition coefficient (Wildman–Crippen LogP) is 3.96. The van der Waals surface area contributed by atoms with E-state index in [0.717, 1.165) is 16.9 Å². The third-order valence-electron chi connectivity index (χ3n) is 4.51. The smallest absolute Gasteiger partial charge is 0.262 e. The minimum atomic E-state index is -1.61. The SMILES string of the molecule is COc1ccc(C2(O)Oc3ccccc3-c3ccc(OC)cc32)cc1. The van der Waals surface area contributed by atoms with Gasteiger partial charge in [0.25, 0.3) is 5.79 Å². The number of hydrogen-bond acceptors (Lipinski definition) is 4. The van der Waals surface area contributed by atoms with Gasteiger partial charge in [0, 0.05) is 16.7 Å². The van der Waals surface area contributed by atoms with E-state index in [-0.39, 0.29) is 0 Å². The van der Waals surface area contributed by atoms with Crippen LogP contribution in [0.3, 0.4) is 0 Å². The quantitative estimate of drug-likeness (QED) is 0.788. The van der Waals surface area contributed by atoms with Crippen LogP contribution in [0.25, 0.3) is 11.1 Å². The Hall–Kier alpha value is -2.98. The highest BCUT2D eigenvalue weighted by atomic mass is 16.6. The molecular weight excluding hydrogens is 316 g/mol. The summed E-state index contributed by atoms with van der Waals surface area (Å²) in [6.45, 7) is 0. The Kier molecular flexibility index (Phi) is 3.62. The molecule has 126 valence electrons. The standard InChI is InChI=1S/C21H18O4/c1-23-15-9-7-14(8-10-15)21(22)19-13-16(24-2)11-12-17(19)18-5-3-4-6-20(18)25-21/h3-13,22H,1-2H3. The van der Waals surface area contributed by atoms with Gasteiger partial charge in [0.15, 0.2) is 0 Å². The van der Waals surface area contributed by atoms with E-state index in [1.165, 1.54) is 0 Å². The van der Waals surface area contributed by atoms with E-state index in [4.69, 9.17) is 14.2 Å². The van der Waals surface area contributed by atoms with Gasteiger partial charge in [-0.15, -0.1) is 0 Å². The lowest BCUT2D eigenvalue weighted by Crippen LogP contribution is -2.37. The molecule has 0 bridgehead atoms. The molecule has 1 atom stereocenters. The van der Waals surface area contributed by atoms with Crippen molar-refractivity contribution in [1.82, 2.24) is 0 Å². The number of methoxy groups -OCH3 is 2. The Morgan fingerprint density at radius 2 is 1.48 bits per heavy atom. The van der Waals surface area contributed by atoms with E-state index in [0.29, 0.717) is 22.6 Å². The first-order chi connectivity index (χ1) is 12.2. The molecule has 0 saturated heterocycles. The van der Waals surface area contributed by atoms with Crippen LogP contribution < -0.4 is 14.2 Å². The Morgan fingerprint density at radius 3 is 2.20 bits per heavy atom. The molecule has 0 saturated carbocycles. The second-order valence-electron chi connectivity index (χ2n) is 5.88. The Balaban J connectivity index is 1.94. The number of ether oxygens (including phenoxy) is 3. The van der Waals surface area contributed by atoms with E-state index in [1.807, 2.05) is 42.5 Å². The van der Waals surface area contributed by atoms with Crippen LogP contribution in [-0.4, -0.2) is 19.3 Å². The summed E-state index contributed by atoms with van der Waals surface area (Å²) in [6.07, 6.45) is 0. The molecule has 1 unspecified atom stereocenters. The van der Waals surface area contributed by atoms with Crippen LogP contribution in [-0.2, 0) is 5.79 Å². The fraction of sp³-hybridized carbons (Fsp3) is 0.143. The second-order valence-corrected chi connectivity index (χ2v) is 5.88. The fourth-order valence-corrected chi connectivity index (χ4v) is 3.19. The molecule has 0 aliphatic carbocycles. The number of fused-ring (bicyclic) bond motifs is 3. The van der Waals surface area contributed by atoms with Crippen LogP contribution in [0.1, 0.15) is 11.1 Å². The van der Waals surface area contributed by atoms with E-state index in [1.54, 1.807) is 38.5 Å². The van der Waals surface area contributed by atoms with E-state index in [2.05, 4.69) is 0 Å². The Bertz CT molecular complexity index is 917. The molecule has 1 N–H and O–H groups in total. The van der Waals surface area contributed by atoms with Crippen LogP contribution >= 0.6 is 0 Å².